The van der Waals surface area contributed by atoms with Crippen molar-refractivity contribution in [3.05, 3.63) is 23.1 Å². The molecule has 1 atom stereocenters. The van der Waals surface area contributed by atoms with Crippen LogP contribution in [0.4, 0.5) is 10.2 Å². The summed E-state index contributed by atoms with van der Waals surface area (Å²) in [5.41, 5.74) is 0. The van der Waals surface area contributed by atoms with Gasteiger partial charge in [-0.2, -0.15) is 5.26 Å². The minimum Gasteiger partial charge on any atom is -0.353 e. The molecule has 0 saturated heterocycles. The highest BCUT2D eigenvalue weighted by molar-refractivity contribution is 6.30. The Kier molecular flexibility index (Phi) is 4.51. The summed E-state index contributed by atoms with van der Waals surface area (Å²) in [5.74, 6) is -0.384. The Morgan fingerprint density at radius 3 is 2.88 bits per heavy atom. The van der Waals surface area contributed by atoms with Crippen molar-refractivity contribution in [2.24, 2.45) is 5.92 Å². The molecule has 0 aliphatic rings. The molecule has 1 rings (SSSR count). The van der Waals surface area contributed by atoms with Crippen molar-refractivity contribution in [1.29, 1.82) is 5.26 Å². The SMILES string of the molecule is CCN(CC(C)C#N)c1ncc(Cl)cc1F. The van der Waals surface area contributed by atoms with Crippen LogP contribution >= 0.6 is 11.6 Å². The second-order valence-electron chi connectivity index (χ2n) is 3.53. The van der Waals surface area contributed by atoms with E-state index in [1.54, 1.807) is 11.8 Å². The van der Waals surface area contributed by atoms with Crippen molar-refractivity contribution < 1.29 is 4.39 Å². The number of pyridine rings is 1. The summed E-state index contributed by atoms with van der Waals surface area (Å²) in [4.78, 5) is 5.67. The molecule has 1 unspecified atom stereocenters. The molecular formula is C11H13ClFN3. The lowest BCUT2D eigenvalue weighted by Crippen LogP contribution is -2.29. The topological polar surface area (TPSA) is 39.9 Å². The zero-order valence-corrected chi connectivity index (χ0v) is 10.00. The van der Waals surface area contributed by atoms with Gasteiger partial charge in [-0.3, -0.25) is 0 Å². The second-order valence-corrected chi connectivity index (χ2v) is 3.96. The van der Waals surface area contributed by atoms with Crippen LogP contribution < -0.4 is 4.90 Å². The Morgan fingerprint density at radius 1 is 1.69 bits per heavy atom. The molecule has 86 valence electrons. The van der Waals surface area contributed by atoms with Gasteiger partial charge < -0.3 is 4.90 Å². The van der Waals surface area contributed by atoms with Gasteiger partial charge in [-0.05, 0) is 19.9 Å². The van der Waals surface area contributed by atoms with Crippen LogP contribution in [0.15, 0.2) is 12.3 Å². The number of aromatic nitrogens is 1. The van der Waals surface area contributed by atoms with Gasteiger partial charge in [0, 0.05) is 19.3 Å². The van der Waals surface area contributed by atoms with Gasteiger partial charge in [0.05, 0.1) is 17.0 Å². The molecule has 0 N–H and O–H groups in total. The van der Waals surface area contributed by atoms with E-state index in [0.717, 1.165) is 0 Å². The molecule has 0 aliphatic carbocycles. The first-order chi connectivity index (χ1) is 7.58. The smallest absolute Gasteiger partial charge is 0.167 e. The van der Waals surface area contributed by atoms with E-state index in [9.17, 15) is 4.39 Å². The van der Waals surface area contributed by atoms with Crippen molar-refractivity contribution >= 4 is 17.4 Å². The van der Waals surface area contributed by atoms with Crippen LogP contribution in [0, 0.1) is 23.1 Å². The standard InChI is InChI=1S/C11H13ClFN3/c1-3-16(7-8(2)5-14)11-10(13)4-9(12)6-15-11/h4,6,8H,3,7H2,1-2H3. The largest absolute Gasteiger partial charge is 0.353 e. The maximum Gasteiger partial charge on any atom is 0.167 e. The van der Waals surface area contributed by atoms with E-state index in [-0.39, 0.29) is 16.8 Å². The van der Waals surface area contributed by atoms with E-state index >= 15 is 0 Å². The summed E-state index contributed by atoms with van der Waals surface area (Å²) in [6.45, 7) is 4.73. The third kappa shape index (κ3) is 3.07. The Balaban J connectivity index is 2.91. The van der Waals surface area contributed by atoms with Crippen LogP contribution in [0.25, 0.3) is 0 Å². The van der Waals surface area contributed by atoms with E-state index in [1.807, 2.05) is 6.92 Å². The highest BCUT2D eigenvalue weighted by atomic mass is 35.5. The van der Waals surface area contributed by atoms with Gasteiger partial charge in [0.2, 0.25) is 0 Å². The highest BCUT2D eigenvalue weighted by Crippen LogP contribution is 2.20. The Labute approximate surface area is 99.5 Å². The molecule has 5 heteroatoms. The van der Waals surface area contributed by atoms with Crippen molar-refractivity contribution in [3.63, 3.8) is 0 Å². The van der Waals surface area contributed by atoms with Crippen molar-refractivity contribution in [2.45, 2.75) is 13.8 Å². The molecule has 0 amide bonds. The summed E-state index contributed by atoms with van der Waals surface area (Å²) >= 11 is 5.62. The molecule has 3 nitrogen and oxygen atoms in total. The highest BCUT2D eigenvalue weighted by Gasteiger charge is 2.14. The van der Waals surface area contributed by atoms with Crippen LogP contribution in [0.3, 0.4) is 0 Å². The first-order valence-corrected chi connectivity index (χ1v) is 5.41. The monoisotopic (exact) mass is 241 g/mol. The Morgan fingerprint density at radius 2 is 2.38 bits per heavy atom. The molecule has 0 fully saturated rings. The van der Waals surface area contributed by atoms with Crippen molar-refractivity contribution in [2.75, 3.05) is 18.0 Å². The average molecular weight is 242 g/mol. The zero-order valence-electron chi connectivity index (χ0n) is 9.24. The molecule has 0 saturated carbocycles. The number of nitriles is 1. The lowest BCUT2D eigenvalue weighted by molar-refractivity contribution is 0.598. The van der Waals surface area contributed by atoms with Gasteiger partial charge in [-0.25, -0.2) is 9.37 Å². The molecule has 0 radical (unpaired) electrons. The zero-order chi connectivity index (χ0) is 12.1. The maximum absolute atomic E-state index is 13.6. The number of halogens is 2. The van der Waals surface area contributed by atoms with E-state index in [0.29, 0.717) is 13.1 Å². The second kappa shape index (κ2) is 5.66. The number of nitrogens with zero attached hydrogens (tertiary/aromatic N) is 3. The molecule has 1 heterocycles. The van der Waals surface area contributed by atoms with Crippen LogP contribution in [0.1, 0.15) is 13.8 Å². The Hall–Kier alpha value is -1.34. The third-order valence-corrected chi connectivity index (χ3v) is 2.39. The first-order valence-electron chi connectivity index (χ1n) is 5.04. The fourth-order valence-corrected chi connectivity index (χ4v) is 1.52. The number of hydrogen-bond donors (Lipinski definition) is 0. The lowest BCUT2D eigenvalue weighted by atomic mass is 10.2. The van der Waals surface area contributed by atoms with Gasteiger partial charge >= 0.3 is 0 Å². The lowest BCUT2D eigenvalue weighted by Gasteiger charge is -2.23. The minimum atomic E-state index is -0.459. The molecule has 1 aromatic rings. The van der Waals surface area contributed by atoms with E-state index in [2.05, 4.69) is 11.1 Å². The van der Waals surface area contributed by atoms with Crippen LogP contribution in [0.2, 0.25) is 5.02 Å². The van der Waals surface area contributed by atoms with Gasteiger partial charge in [0.15, 0.2) is 11.6 Å². The summed E-state index contributed by atoms with van der Waals surface area (Å²) in [7, 11) is 0. The third-order valence-electron chi connectivity index (χ3n) is 2.18. The molecule has 16 heavy (non-hydrogen) atoms. The molecule has 0 bridgehead atoms. The van der Waals surface area contributed by atoms with Crippen LogP contribution in [0.5, 0.6) is 0 Å². The minimum absolute atomic E-state index is 0.170. The number of hydrogen-bond acceptors (Lipinski definition) is 3. The molecule has 0 aromatic carbocycles. The summed E-state index contributed by atoms with van der Waals surface area (Å²) in [6, 6.07) is 3.34. The molecule has 0 spiro atoms. The number of anilines is 1. The van der Waals surface area contributed by atoms with E-state index < -0.39 is 5.82 Å². The molecule has 1 aromatic heterocycles. The fraction of sp³-hybridized carbons (Fsp3) is 0.455. The normalized spacial score (nSPS) is 11.9. The van der Waals surface area contributed by atoms with Crippen LogP contribution in [-0.4, -0.2) is 18.1 Å². The first kappa shape index (κ1) is 12.7. The van der Waals surface area contributed by atoms with Gasteiger partial charge in [-0.15, -0.1) is 0 Å². The van der Waals surface area contributed by atoms with Crippen molar-refractivity contribution in [1.82, 2.24) is 4.98 Å². The number of rotatable bonds is 4. The molecule has 0 aliphatic heterocycles. The van der Waals surface area contributed by atoms with E-state index in [1.165, 1.54) is 12.3 Å². The maximum atomic E-state index is 13.6. The predicted molar refractivity (Wildman–Crippen MR) is 61.9 cm³/mol. The van der Waals surface area contributed by atoms with E-state index in [4.69, 9.17) is 16.9 Å². The quantitative estimate of drug-likeness (QED) is 0.814. The molecular weight excluding hydrogens is 229 g/mol. The predicted octanol–water partition coefficient (Wildman–Crippen LogP) is 2.86. The van der Waals surface area contributed by atoms with Gasteiger partial charge in [0.25, 0.3) is 0 Å². The average Bonchev–Trinajstić information content (AvgIpc) is 2.26. The summed E-state index contributed by atoms with van der Waals surface area (Å²) in [6.07, 6.45) is 1.40. The fourth-order valence-electron chi connectivity index (χ4n) is 1.38. The summed E-state index contributed by atoms with van der Waals surface area (Å²) in [5, 5.41) is 9.00. The summed E-state index contributed by atoms with van der Waals surface area (Å²) < 4.78 is 13.6. The van der Waals surface area contributed by atoms with Crippen molar-refractivity contribution in [3.8, 4) is 6.07 Å². The Bertz CT molecular complexity index is 403. The van der Waals surface area contributed by atoms with Crippen LogP contribution in [-0.2, 0) is 0 Å². The van der Waals surface area contributed by atoms with Gasteiger partial charge in [0.1, 0.15) is 0 Å². The van der Waals surface area contributed by atoms with Gasteiger partial charge in [-0.1, -0.05) is 11.6 Å².